The zero-order valence-electron chi connectivity index (χ0n) is 73.5. The van der Waals surface area contributed by atoms with Crippen LogP contribution in [0.1, 0.15) is 186 Å². The van der Waals surface area contributed by atoms with Gasteiger partial charge in [0.2, 0.25) is 0 Å². The van der Waals surface area contributed by atoms with Gasteiger partial charge < -0.3 is 45.0 Å². The van der Waals surface area contributed by atoms with Crippen molar-refractivity contribution in [3.8, 4) is 0 Å². The summed E-state index contributed by atoms with van der Waals surface area (Å²) in [6.07, 6.45) is 26.2. The molecule has 116 heavy (non-hydrogen) atoms. The number of nitrogens with zero attached hydrogens (tertiary/aromatic N) is 21. The van der Waals surface area contributed by atoms with Crippen molar-refractivity contribution in [1.29, 1.82) is 0 Å². The second-order valence-electron chi connectivity index (χ2n) is 32.4. The van der Waals surface area contributed by atoms with Crippen molar-refractivity contribution in [2.75, 3.05) is 147 Å². The molecule has 0 fully saturated rings. The number of rotatable bonds is 32. The van der Waals surface area contributed by atoms with Crippen LogP contribution in [0.5, 0.6) is 0 Å². The first-order valence-corrected chi connectivity index (χ1v) is 43.0. The van der Waals surface area contributed by atoms with Gasteiger partial charge in [0.05, 0.1) is 73.0 Å². The third-order valence-corrected chi connectivity index (χ3v) is 20.9. The number of carbonyl (C=O) groups is 4. The van der Waals surface area contributed by atoms with Gasteiger partial charge in [0.1, 0.15) is 5.60 Å². The Kier molecular flexibility index (Phi) is 41.6. The number of ether oxygens (including phenoxy) is 1. The van der Waals surface area contributed by atoms with Gasteiger partial charge in [-0.3, -0.25) is 51.1 Å². The van der Waals surface area contributed by atoms with Crippen molar-refractivity contribution in [1.82, 2.24) is 87.9 Å². The number of likely N-dealkylation sites (N-methyl/N-ethyl adjacent to an activating group) is 5. The second-order valence-corrected chi connectivity index (χ2v) is 37.0. The number of benzene rings is 1. The third-order valence-electron chi connectivity index (χ3n) is 17.2. The molecule has 0 saturated carbocycles. The average Bonchev–Trinajstić information content (AvgIpc) is 1.65. The number of hydrogen-bond acceptors (Lipinski definition) is 23. The molecule has 0 radical (unpaired) electrons. The van der Waals surface area contributed by atoms with Crippen LogP contribution in [0.25, 0.3) is 4.72 Å². The molecule has 2 aliphatic carbocycles. The summed E-state index contributed by atoms with van der Waals surface area (Å²) < 4.78 is 99.7. The Morgan fingerprint density at radius 2 is 0.810 bits per heavy atom. The van der Waals surface area contributed by atoms with Crippen LogP contribution in [-0.2, 0) is 83.5 Å². The topological polar surface area (TPSA) is 403 Å². The van der Waals surface area contributed by atoms with Gasteiger partial charge in [0.15, 0.2) is 17.6 Å². The Hall–Kier alpha value is -7.83. The number of urea groups is 1. The van der Waals surface area contributed by atoms with Gasteiger partial charge in [-0.15, -0.1) is 0 Å². The standard InChI is InChI=1S/C23H34N6O3S.C15H29N5O4S.2C11H19N3O.C10H21N5O2S.C6H11N3.Na/c1-16(2)28-15-19(14-24-28)29(12-11-27(3)4)33(31,32)26-23(30)25-22-20-9-5-7-17(20)13-18-8-6-10-21(18)22;1-12(2)19-11-13(10-16-19)20(9-8-18(6)7)25(22,23)17-14(21)24-15(3,4)5;2*1-9(2)14-7-10(6-12-14)5-11(15)8-13(3)4;1-9(2)14-8-10(7-12-14)15(18(11,16)17)6-5-13(3)4;1-5(2)9-4-6(7)3-8-9;/h13-16H,5-12H2,1-4H3,(H2,25,26,30);10-12H,8-9H2,1-7H3,(H,17,21);2*6-7,9H,5,8H2,1-4H3;7-9H,5-6H2,1-4H3,(H2,11,16,17);3-5H,7H2,1-2H3;/q;;;;;;+1/p-1. The number of carbonyl (C=O) groups excluding carboxylic acids is 4. The summed E-state index contributed by atoms with van der Waals surface area (Å²) >= 11 is 0. The van der Waals surface area contributed by atoms with E-state index in [1.807, 2.05) is 174 Å². The summed E-state index contributed by atoms with van der Waals surface area (Å²) in [6.45, 7) is 32.3. The molecule has 2 aliphatic rings. The molecule has 6 aromatic heterocycles. The molecule has 3 amide bonds. The van der Waals surface area contributed by atoms with Crippen LogP contribution >= 0.6 is 0 Å². The number of nitrogen functional groups attached to an aromatic ring is 1. The number of ketones is 2. The van der Waals surface area contributed by atoms with E-state index in [0.29, 0.717) is 87.3 Å². The van der Waals surface area contributed by atoms with Gasteiger partial charge in [-0.05, 0) is 252 Å². The SMILES string of the molecule is CC(C)n1cc(CC(=O)CN(C)C)cn1.CC(C)n1cc(CC(=O)CN(C)C)cn1.CC(C)n1cc(N(CCN(C)C)S(=O)(=O)NC(=O)OC(C)(C)C)cn1.CC(C)n1cc(N(CCN(C)C)S(=O)(=O)[N-]C(=O)Nc2c3c(cc4c2CCC4)CCC3)cn1.CC(C)n1cc(N(CCN(C)C)S(N)(=O)=O)cn1.CC(C)n1cc(N)cn1.[Na+]. The van der Waals surface area contributed by atoms with Crippen molar-refractivity contribution < 1.29 is 78.7 Å². The maximum atomic E-state index is 13.2. The van der Waals surface area contributed by atoms with Gasteiger partial charge in [0.25, 0.3) is 20.4 Å². The first kappa shape index (κ1) is 102. The number of nitrogens with one attached hydrogen (secondary N) is 2. The molecule has 6 heterocycles. The van der Waals surface area contributed by atoms with E-state index in [4.69, 9.17) is 15.6 Å². The first-order chi connectivity index (χ1) is 53.4. The number of anilines is 5. The third kappa shape index (κ3) is 35.4. The molecule has 1 aromatic carbocycles. The summed E-state index contributed by atoms with van der Waals surface area (Å²) in [4.78, 5) is 57.2. The number of fused-ring (bicyclic) bond motifs is 2. The quantitative estimate of drug-likeness (QED) is 0.0371. The fraction of sp³-hybridized carbons (Fsp3) is 0.632. The van der Waals surface area contributed by atoms with Crippen molar-refractivity contribution in [2.24, 2.45) is 5.14 Å². The van der Waals surface area contributed by atoms with E-state index in [2.05, 4.69) is 88.2 Å². The number of aromatic nitrogens is 12. The minimum atomic E-state index is -4.26. The molecule has 9 rings (SSSR count). The maximum Gasteiger partial charge on any atom is 1.00 e. The Morgan fingerprint density at radius 3 is 1.13 bits per heavy atom. The Balaban J connectivity index is 0.000000376. The minimum Gasteiger partial charge on any atom is -0.443 e. The van der Waals surface area contributed by atoms with Crippen molar-refractivity contribution >= 4 is 82.8 Å². The molecule has 40 heteroatoms. The number of nitrogens with two attached hydrogens (primary N) is 2. The molecule has 0 spiro atoms. The van der Waals surface area contributed by atoms with E-state index in [1.54, 1.807) is 72.0 Å². The summed E-state index contributed by atoms with van der Waals surface area (Å²) in [5.74, 6) is 0.451. The van der Waals surface area contributed by atoms with Gasteiger partial charge >= 0.3 is 45.9 Å². The van der Waals surface area contributed by atoms with Gasteiger partial charge in [-0.25, -0.2) is 27.4 Å². The van der Waals surface area contributed by atoms with Crippen molar-refractivity contribution in [3.63, 3.8) is 0 Å². The average molecular weight is 1690 g/mol. The fourth-order valence-corrected chi connectivity index (χ4v) is 14.2. The van der Waals surface area contributed by atoms with Crippen molar-refractivity contribution in [2.45, 2.75) is 197 Å². The van der Waals surface area contributed by atoms with Crippen LogP contribution in [0.4, 0.5) is 38.0 Å². The molecule has 0 atom stereocenters. The van der Waals surface area contributed by atoms with Crippen LogP contribution in [-0.4, -0.2) is 261 Å². The van der Waals surface area contributed by atoms with E-state index >= 15 is 0 Å². The summed E-state index contributed by atoms with van der Waals surface area (Å²) in [5, 5.41) is 33.0. The number of Topliss-reactive ketones (excluding diaryl/α,β-unsaturated/α-hetero) is 2. The number of aryl methyl sites for hydroxylation is 2. The molecular formula is C76H132N25NaO11S3. The molecular weight excluding hydrogens is 1560 g/mol. The molecule has 646 valence electrons. The molecule has 0 saturated heterocycles. The van der Waals surface area contributed by atoms with Crippen LogP contribution in [0.15, 0.2) is 80.4 Å². The number of hydrogen-bond donors (Lipinski definition) is 4. The summed E-state index contributed by atoms with van der Waals surface area (Å²) in [6, 6.07) is 2.87. The second kappa shape index (κ2) is 47.1. The Labute approximate surface area is 712 Å². The van der Waals surface area contributed by atoms with Crippen LogP contribution in [0.3, 0.4) is 0 Å². The monoisotopic (exact) mass is 1690 g/mol. The zero-order chi connectivity index (χ0) is 86.8. The van der Waals surface area contributed by atoms with Crippen LogP contribution in [0, 0.1) is 0 Å². The maximum absolute atomic E-state index is 13.2. The van der Waals surface area contributed by atoms with E-state index in [1.165, 1.54) is 34.0 Å². The molecule has 0 aliphatic heterocycles. The minimum absolute atomic E-state index is 0. The van der Waals surface area contributed by atoms with E-state index in [-0.39, 0.29) is 72.3 Å². The summed E-state index contributed by atoms with van der Waals surface area (Å²) in [5.41, 5.74) is 14.2. The van der Waals surface area contributed by atoms with Gasteiger partial charge in [-0.1, -0.05) is 6.07 Å². The summed E-state index contributed by atoms with van der Waals surface area (Å²) in [7, 11) is 6.58. The van der Waals surface area contributed by atoms with Gasteiger partial charge in [-0.2, -0.15) is 47.4 Å². The fourth-order valence-electron chi connectivity index (χ4n) is 11.4. The van der Waals surface area contributed by atoms with Crippen molar-refractivity contribution in [3.05, 3.63) is 119 Å². The predicted octanol–water partition coefficient (Wildman–Crippen LogP) is 5.62. The molecule has 0 unspecified atom stereocenters. The molecule has 36 nitrogen and oxygen atoms in total. The zero-order valence-corrected chi connectivity index (χ0v) is 78.0. The Morgan fingerprint density at radius 1 is 0.474 bits per heavy atom. The van der Waals surface area contributed by atoms with E-state index in [0.717, 1.165) is 80.8 Å². The molecule has 7 aromatic rings. The van der Waals surface area contributed by atoms with Gasteiger partial charge in [0, 0.05) is 126 Å². The Bertz CT molecular complexity index is 4430. The molecule has 0 bridgehead atoms. The van der Waals surface area contributed by atoms with Crippen LogP contribution < -0.4 is 63.4 Å². The molecule has 6 N–H and O–H groups in total. The normalized spacial score (nSPS) is 12.7. The number of amides is 3. The predicted molar refractivity (Wildman–Crippen MR) is 456 cm³/mol. The van der Waals surface area contributed by atoms with E-state index in [9.17, 15) is 44.4 Å². The largest absolute Gasteiger partial charge is 1.00 e. The van der Waals surface area contributed by atoms with Crippen LogP contribution in [0.2, 0.25) is 0 Å². The smallest absolute Gasteiger partial charge is 0.443 e. The first-order valence-electron chi connectivity index (χ1n) is 38.7. The van der Waals surface area contributed by atoms with E-state index < -0.39 is 48.4 Å².